The average molecular weight is 230 g/mol. The molecule has 1 saturated carbocycles. The standard InChI is InChI=1S/C14H18N2O/c1-10-5-4-7-12(11(10)9-15)16-13-6-2-3-8-14(13)17/h4-5,7,13-14,16-17H,2-3,6,8H2,1H3/t13-,14-/m1/s1. The Kier molecular flexibility index (Phi) is 3.65. The van der Waals surface area contributed by atoms with Gasteiger partial charge in [-0.2, -0.15) is 5.26 Å². The lowest BCUT2D eigenvalue weighted by atomic mass is 9.92. The first-order chi connectivity index (χ1) is 8.22. The Bertz CT molecular complexity index is 436. The van der Waals surface area contributed by atoms with Crippen LogP contribution in [0.3, 0.4) is 0 Å². The summed E-state index contributed by atoms with van der Waals surface area (Å²) in [4.78, 5) is 0. The average Bonchev–Trinajstić information content (AvgIpc) is 2.32. The van der Waals surface area contributed by atoms with Crippen molar-refractivity contribution in [3.63, 3.8) is 0 Å². The Morgan fingerprint density at radius 3 is 2.82 bits per heavy atom. The van der Waals surface area contributed by atoms with Gasteiger partial charge in [-0.1, -0.05) is 25.0 Å². The summed E-state index contributed by atoms with van der Waals surface area (Å²) < 4.78 is 0. The Labute approximate surface area is 102 Å². The molecule has 1 fully saturated rings. The molecule has 0 amide bonds. The van der Waals surface area contributed by atoms with Crippen LogP contribution >= 0.6 is 0 Å². The van der Waals surface area contributed by atoms with Crippen LogP contribution in [0.4, 0.5) is 5.69 Å². The zero-order valence-corrected chi connectivity index (χ0v) is 10.1. The van der Waals surface area contributed by atoms with E-state index in [4.69, 9.17) is 5.26 Å². The number of rotatable bonds is 2. The summed E-state index contributed by atoms with van der Waals surface area (Å²) in [6.45, 7) is 1.93. The lowest BCUT2D eigenvalue weighted by molar-refractivity contribution is 0.116. The van der Waals surface area contributed by atoms with E-state index in [0.29, 0.717) is 5.56 Å². The van der Waals surface area contributed by atoms with Crippen molar-refractivity contribution >= 4 is 5.69 Å². The summed E-state index contributed by atoms with van der Waals surface area (Å²) in [5.41, 5.74) is 2.51. The van der Waals surface area contributed by atoms with Crippen molar-refractivity contribution in [2.24, 2.45) is 0 Å². The van der Waals surface area contributed by atoms with Gasteiger partial charge < -0.3 is 10.4 Å². The number of nitrogens with zero attached hydrogens (tertiary/aromatic N) is 1. The highest BCUT2D eigenvalue weighted by Gasteiger charge is 2.23. The molecular weight excluding hydrogens is 212 g/mol. The van der Waals surface area contributed by atoms with E-state index in [-0.39, 0.29) is 12.1 Å². The van der Waals surface area contributed by atoms with Crippen LogP contribution < -0.4 is 5.32 Å². The third kappa shape index (κ3) is 2.59. The summed E-state index contributed by atoms with van der Waals surface area (Å²) >= 11 is 0. The monoisotopic (exact) mass is 230 g/mol. The van der Waals surface area contributed by atoms with E-state index in [1.807, 2.05) is 25.1 Å². The molecule has 0 spiro atoms. The maximum atomic E-state index is 9.92. The largest absolute Gasteiger partial charge is 0.391 e. The minimum atomic E-state index is -0.296. The number of hydrogen-bond acceptors (Lipinski definition) is 3. The molecule has 0 unspecified atom stereocenters. The van der Waals surface area contributed by atoms with E-state index in [1.165, 1.54) is 0 Å². The summed E-state index contributed by atoms with van der Waals surface area (Å²) in [6, 6.07) is 8.08. The van der Waals surface area contributed by atoms with Gasteiger partial charge in [0.1, 0.15) is 6.07 Å². The molecule has 0 aliphatic heterocycles. The molecule has 2 rings (SSSR count). The van der Waals surface area contributed by atoms with Crippen LogP contribution in [0.2, 0.25) is 0 Å². The molecule has 1 aromatic rings. The SMILES string of the molecule is Cc1cccc(N[C@@H]2CCCC[C@H]2O)c1C#N. The number of benzene rings is 1. The molecule has 1 aliphatic rings. The first kappa shape index (κ1) is 11.9. The van der Waals surface area contributed by atoms with Crippen LogP contribution in [0.15, 0.2) is 18.2 Å². The van der Waals surface area contributed by atoms with Crippen molar-refractivity contribution in [2.45, 2.75) is 44.8 Å². The van der Waals surface area contributed by atoms with E-state index in [0.717, 1.165) is 36.9 Å². The second-order valence-electron chi connectivity index (χ2n) is 4.71. The fourth-order valence-electron chi connectivity index (χ4n) is 2.42. The summed E-state index contributed by atoms with van der Waals surface area (Å²) in [5, 5.41) is 22.4. The number of nitrogens with one attached hydrogen (secondary N) is 1. The molecule has 0 saturated heterocycles. The second kappa shape index (κ2) is 5.20. The summed E-state index contributed by atoms with van der Waals surface area (Å²) in [5.74, 6) is 0. The highest BCUT2D eigenvalue weighted by molar-refractivity contribution is 5.61. The van der Waals surface area contributed by atoms with E-state index in [9.17, 15) is 5.11 Å². The lowest BCUT2D eigenvalue weighted by Gasteiger charge is -2.29. The Morgan fingerprint density at radius 2 is 2.12 bits per heavy atom. The van der Waals surface area contributed by atoms with Gasteiger partial charge in [0.2, 0.25) is 0 Å². The molecule has 3 nitrogen and oxygen atoms in total. The molecule has 1 aromatic carbocycles. The first-order valence-corrected chi connectivity index (χ1v) is 6.16. The number of aryl methyl sites for hydroxylation is 1. The van der Waals surface area contributed by atoms with Gasteiger partial charge in [-0.25, -0.2) is 0 Å². The van der Waals surface area contributed by atoms with E-state index >= 15 is 0 Å². The van der Waals surface area contributed by atoms with Crippen molar-refractivity contribution in [3.8, 4) is 6.07 Å². The highest BCUT2D eigenvalue weighted by atomic mass is 16.3. The van der Waals surface area contributed by atoms with E-state index < -0.39 is 0 Å². The van der Waals surface area contributed by atoms with E-state index in [1.54, 1.807) is 0 Å². The number of anilines is 1. The lowest BCUT2D eigenvalue weighted by Crippen LogP contribution is -2.36. The highest BCUT2D eigenvalue weighted by Crippen LogP contribution is 2.25. The van der Waals surface area contributed by atoms with Crippen molar-refractivity contribution in [2.75, 3.05) is 5.32 Å². The van der Waals surface area contributed by atoms with Crippen molar-refractivity contribution < 1.29 is 5.11 Å². The van der Waals surface area contributed by atoms with Crippen LogP contribution in [0.25, 0.3) is 0 Å². The molecule has 0 radical (unpaired) electrons. The summed E-state index contributed by atoms with van der Waals surface area (Å²) in [7, 11) is 0. The third-order valence-corrected chi connectivity index (χ3v) is 3.45. The van der Waals surface area contributed by atoms with Gasteiger partial charge >= 0.3 is 0 Å². The maximum absolute atomic E-state index is 9.92. The molecule has 2 atom stereocenters. The molecule has 0 bridgehead atoms. The van der Waals surface area contributed by atoms with Crippen LogP contribution in [0.5, 0.6) is 0 Å². The van der Waals surface area contributed by atoms with Gasteiger partial charge in [0, 0.05) is 0 Å². The van der Waals surface area contributed by atoms with Crippen molar-refractivity contribution in [3.05, 3.63) is 29.3 Å². The number of nitriles is 1. The molecule has 1 aliphatic carbocycles. The van der Waals surface area contributed by atoms with Crippen LogP contribution in [-0.2, 0) is 0 Å². The van der Waals surface area contributed by atoms with E-state index in [2.05, 4.69) is 11.4 Å². The van der Waals surface area contributed by atoms with Gasteiger partial charge in [0.15, 0.2) is 0 Å². The Hall–Kier alpha value is -1.53. The maximum Gasteiger partial charge on any atom is 0.102 e. The third-order valence-electron chi connectivity index (χ3n) is 3.45. The van der Waals surface area contributed by atoms with Gasteiger partial charge in [0.25, 0.3) is 0 Å². The zero-order valence-electron chi connectivity index (χ0n) is 10.1. The Morgan fingerprint density at radius 1 is 1.35 bits per heavy atom. The van der Waals surface area contributed by atoms with Gasteiger partial charge in [0.05, 0.1) is 23.4 Å². The Balaban J connectivity index is 2.18. The molecular formula is C14H18N2O. The van der Waals surface area contributed by atoms with Crippen LogP contribution in [-0.4, -0.2) is 17.3 Å². The van der Waals surface area contributed by atoms with Crippen molar-refractivity contribution in [1.29, 1.82) is 5.26 Å². The predicted octanol–water partition coefficient (Wildman–Crippen LogP) is 2.58. The van der Waals surface area contributed by atoms with Crippen molar-refractivity contribution in [1.82, 2.24) is 0 Å². The predicted molar refractivity (Wildman–Crippen MR) is 67.8 cm³/mol. The van der Waals surface area contributed by atoms with Crippen LogP contribution in [0.1, 0.15) is 36.8 Å². The topological polar surface area (TPSA) is 56.0 Å². The fourth-order valence-corrected chi connectivity index (χ4v) is 2.42. The normalized spacial score (nSPS) is 24.1. The minimum Gasteiger partial charge on any atom is -0.391 e. The molecule has 3 heteroatoms. The molecule has 17 heavy (non-hydrogen) atoms. The molecule has 90 valence electrons. The smallest absolute Gasteiger partial charge is 0.102 e. The number of aliphatic hydroxyl groups excluding tert-OH is 1. The quantitative estimate of drug-likeness (QED) is 0.821. The zero-order chi connectivity index (χ0) is 12.3. The number of aliphatic hydroxyl groups is 1. The van der Waals surface area contributed by atoms with Gasteiger partial charge in [-0.15, -0.1) is 0 Å². The first-order valence-electron chi connectivity index (χ1n) is 6.16. The molecule has 2 N–H and O–H groups in total. The molecule has 0 aromatic heterocycles. The van der Waals surface area contributed by atoms with Gasteiger partial charge in [-0.3, -0.25) is 0 Å². The summed E-state index contributed by atoms with van der Waals surface area (Å²) in [6.07, 6.45) is 3.77. The second-order valence-corrected chi connectivity index (χ2v) is 4.71. The number of hydrogen-bond donors (Lipinski definition) is 2. The fraction of sp³-hybridized carbons (Fsp3) is 0.500. The van der Waals surface area contributed by atoms with Crippen LogP contribution in [0, 0.1) is 18.3 Å². The molecule has 0 heterocycles. The van der Waals surface area contributed by atoms with Gasteiger partial charge in [-0.05, 0) is 31.4 Å². The minimum absolute atomic E-state index is 0.0812.